The minimum atomic E-state index is 0.0516. The lowest BCUT2D eigenvalue weighted by Gasteiger charge is -2.21. The normalized spacial score (nSPS) is 13.0. The number of benzene rings is 9. The summed E-state index contributed by atoms with van der Waals surface area (Å²) in [6.07, 6.45) is 0. The van der Waals surface area contributed by atoms with Gasteiger partial charge in [-0.1, -0.05) is 186 Å². The van der Waals surface area contributed by atoms with Crippen LogP contribution >= 0.6 is 23.2 Å². The molecule has 11 aromatic rings. The lowest BCUT2D eigenvalue weighted by atomic mass is 9.82. The van der Waals surface area contributed by atoms with Crippen LogP contribution in [0.5, 0.6) is 0 Å². The Hall–Kier alpha value is -5.40. The molecule has 11 rings (SSSR count). The predicted molar refractivity (Wildman–Crippen MR) is 247 cm³/mol. The molecular formula is C54H40Cl2. The molecule has 0 atom stereocenters. The van der Waals surface area contributed by atoms with E-state index in [0.717, 1.165) is 20.8 Å². The van der Waals surface area contributed by atoms with Crippen molar-refractivity contribution in [3.63, 3.8) is 0 Å². The highest BCUT2D eigenvalue weighted by atomic mass is 35.5. The van der Waals surface area contributed by atoms with Crippen LogP contribution in [0.15, 0.2) is 133 Å². The summed E-state index contributed by atoms with van der Waals surface area (Å²) < 4.78 is 0. The Morgan fingerprint density at radius 3 is 0.964 bits per heavy atom. The molecule has 0 unspecified atom stereocenters. The summed E-state index contributed by atoms with van der Waals surface area (Å²) in [6, 6.07) is 49.4. The fourth-order valence-corrected chi connectivity index (χ4v) is 10.6. The van der Waals surface area contributed by atoms with Crippen molar-refractivity contribution in [2.24, 2.45) is 0 Å². The molecule has 0 aliphatic heterocycles. The number of halogens is 2. The Morgan fingerprint density at radius 1 is 0.286 bits per heavy atom. The second-order valence-electron chi connectivity index (χ2n) is 17.8. The Balaban J connectivity index is 1.46. The van der Waals surface area contributed by atoms with E-state index in [1.165, 1.54) is 109 Å². The van der Waals surface area contributed by atoms with Gasteiger partial charge in [-0.05, 0) is 121 Å². The second-order valence-corrected chi connectivity index (χ2v) is 18.6. The summed E-state index contributed by atoms with van der Waals surface area (Å²) in [5, 5.41) is 21.0. The van der Waals surface area contributed by atoms with Crippen LogP contribution in [-0.2, 0) is 10.8 Å². The van der Waals surface area contributed by atoms with E-state index < -0.39 is 0 Å². The highest BCUT2D eigenvalue weighted by Crippen LogP contribution is 2.59. The van der Waals surface area contributed by atoms with E-state index in [1.807, 2.05) is 0 Å². The molecule has 11 aromatic carbocycles. The minimum Gasteiger partial charge on any atom is -0.0836 e. The molecule has 0 fully saturated rings. The molecule has 56 heavy (non-hydrogen) atoms. The van der Waals surface area contributed by atoms with Gasteiger partial charge in [-0.25, -0.2) is 0 Å². The van der Waals surface area contributed by atoms with Crippen molar-refractivity contribution in [2.75, 3.05) is 0 Å². The standard InChI is InChI=1S/C54H40Cl2/c1-53(2,3)31-25-21-29(22-26-31)41-33-13-7-9-15-35(33)45-50-44-38(18-12-20-40(44)56)48-42(30-23-27-32(28-24-30)54(4,5)6)34-14-8-10-16-36(34)46(52(48)50)49-43-37(47(41)51(45)49)17-11-19-39(43)55/h7-28H,1-6H3. The number of fused-ring (bicyclic) bond motifs is 12. The second kappa shape index (κ2) is 11.6. The zero-order valence-electron chi connectivity index (χ0n) is 32.5. The SMILES string of the molecule is CC(C)(C)c1ccc(-c2c3ccccc3c3c4c5c(Cl)cccc5c5c(-c6ccc(C(C)(C)C)cc6)c6ccccc6c(c6c7c(Cl)cccc7c2c36)c54)cc1. The van der Waals surface area contributed by atoms with Gasteiger partial charge >= 0.3 is 0 Å². The molecule has 0 spiro atoms. The highest BCUT2D eigenvalue weighted by molar-refractivity contribution is 6.58. The average Bonchev–Trinajstić information content (AvgIpc) is 3.71. The summed E-state index contributed by atoms with van der Waals surface area (Å²) in [7, 11) is 0. The molecular weight excluding hydrogens is 719 g/mol. The molecule has 0 nitrogen and oxygen atoms in total. The summed E-state index contributed by atoms with van der Waals surface area (Å²) in [5.74, 6) is 0. The monoisotopic (exact) mass is 758 g/mol. The van der Waals surface area contributed by atoms with E-state index in [-0.39, 0.29) is 10.8 Å². The van der Waals surface area contributed by atoms with Crippen molar-refractivity contribution in [2.45, 2.75) is 52.4 Å². The van der Waals surface area contributed by atoms with Crippen LogP contribution in [0.1, 0.15) is 52.7 Å². The molecule has 0 saturated heterocycles. The van der Waals surface area contributed by atoms with Gasteiger partial charge in [0.1, 0.15) is 0 Å². The lowest BCUT2D eigenvalue weighted by Crippen LogP contribution is -2.10. The minimum absolute atomic E-state index is 0.0516. The Morgan fingerprint density at radius 2 is 0.607 bits per heavy atom. The number of hydrogen-bond donors (Lipinski definition) is 0. The quantitative estimate of drug-likeness (QED) is 0.122. The van der Waals surface area contributed by atoms with Crippen molar-refractivity contribution in [3.8, 4) is 22.3 Å². The lowest BCUT2D eigenvalue weighted by molar-refractivity contribution is 0.590. The molecule has 270 valence electrons. The summed E-state index contributed by atoms with van der Waals surface area (Å²) in [4.78, 5) is 0. The first-order valence-electron chi connectivity index (χ1n) is 19.7. The van der Waals surface area contributed by atoms with E-state index >= 15 is 0 Å². The van der Waals surface area contributed by atoms with E-state index in [0.29, 0.717) is 0 Å². The van der Waals surface area contributed by atoms with Crippen molar-refractivity contribution >= 4 is 109 Å². The zero-order valence-corrected chi connectivity index (χ0v) is 34.0. The van der Waals surface area contributed by atoms with E-state index in [9.17, 15) is 0 Å². The van der Waals surface area contributed by atoms with Crippen LogP contribution < -0.4 is 0 Å². The fourth-order valence-electron chi connectivity index (χ4n) is 10.0. The highest BCUT2D eigenvalue weighted by Gasteiger charge is 2.31. The Bertz CT molecular complexity index is 3180. The van der Waals surface area contributed by atoms with Crippen molar-refractivity contribution in [1.29, 1.82) is 0 Å². The molecule has 0 aliphatic rings. The summed E-state index contributed by atoms with van der Waals surface area (Å²) in [5.41, 5.74) is 7.66. The molecule has 2 heteroatoms. The first kappa shape index (κ1) is 33.9. The van der Waals surface area contributed by atoms with Crippen molar-refractivity contribution < 1.29 is 0 Å². The van der Waals surface area contributed by atoms with Crippen LogP contribution in [0.3, 0.4) is 0 Å². The molecule has 0 amide bonds. The first-order valence-corrected chi connectivity index (χ1v) is 20.4. The molecule has 0 N–H and O–H groups in total. The van der Waals surface area contributed by atoms with Gasteiger partial charge in [-0.15, -0.1) is 0 Å². The molecule has 0 aliphatic carbocycles. The third-order valence-corrected chi connectivity index (χ3v) is 13.2. The topological polar surface area (TPSA) is 0 Å². The van der Waals surface area contributed by atoms with Crippen molar-refractivity contribution in [1.82, 2.24) is 0 Å². The summed E-state index contributed by atoms with van der Waals surface area (Å²) in [6.45, 7) is 13.7. The van der Waals surface area contributed by atoms with E-state index in [1.54, 1.807) is 0 Å². The Kier molecular flexibility index (Phi) is 7.01. The average molecular weight is 760 g/mol. The largest absolute Gasteiger partial charge is 0.0836 e. The van der Waals surface area contributed by atoms with Gasteiger partial charge in [0.25, 0.3) is 0 Å². The van der Waals surface area contributed by atoms with Gasteiger partial charge < -0.3 is 0 Å². The molecule has 0 radical (unpaired) electrons. The molecule has 0 aromatic heterocycles. The first-order chi connectivity index (χ1) is 26.9. The number of hydrogen-bond acceptors (Lipinski definition) is 0. The van der Waals surface area contributed by atoms with Crippen LogP contribution in [0.4, 0.5) is 0 Å². The maximum absolute atomic E-state index is 7.46. The van der Waals surface area contributed by atoms with Crippen LogP contribution in [-0.4, -0.2) is 0 Å². The van der Waals surface area contributed by atoms with Gasteiger partial charge in [0, 0.05) is 31.6 Å². The van der Waals surface area contributed by atoms with Gasteiger partial charge in [-0.3, -0.25) is 0 Å². The third-order valence-electron chi connectivity index (χ3n) is 12.6. The zero-order chi connectivity index (χ0) is 38.4. The van der Waals surface area contributed by atoms with E-state index in [2.05, 4.69) is 175 Å². The fraction of sp³-hybridized carbons (Fsp3) is 0.148. The third kappa shape index (κ3) is 4.49. The van der Waals surface area contributed by atoms with Gasteiger partial charge in [-0.2, -0.15) is 0 Å². The summed E-state index contributed by atoms with van der Waals surface area (Å²) >= 11 is 14.9. The van der Waals surface area contributed by atoms with Gasteiger partial charge in [0.05, 0.1) is 0 Å². The van der Waals surface area contributed by atoms with Crippen LogP contribution in [0, 0.1) is 0 Å². The van der Waals surface area contributed by atoms with Crippen LogP contribution in [0.25, 0.3) is 108 Å². The van der Waals surface area contributed by atoms with Crippen LogP contribution in [0.2, 0.25) is 10.0 Å². The maximum atomic E-state index is 7.46. The maximum Gasteiger partial charge on any atom is 0.0491 e. The molecule has 0 bridgehead atoms. The van der Waals surface area contributed by atoms with E-state index in [4.69, 9.17) is 23.2 Å². The molecule has 0 heterocycles. The number of rotatable bonds is 2. The van der Waals surface area contributed by atoms with Gasteiger partial charge in [0.15, 0.2) is 0 Å². The predicted octanol–water partition coefficient (Wildman–Crippen LogP) is 17.0. The van der Waals surface area contributed by atoms with Gasteiger partial charge in [0.2, 0.25) is 0 Å². The molecule has 0 saturated carbocycles. The van der Waals surface area contributed by atoms with Crippen molar-refractivity contribution in [3.05, 3.63) is 155 Å². The smallest absolute Gasteiger partial charge is 0.0491 e. The Labute approximate surface area is 336 Å².